The summed E-state index contributed by atoms with van der Waals surface area (Å²) in [4.78, 5) is 19.6. The Bertz CT molecular complexity index is 785. The second-order valence-corrected chi connectivity index (χ2v) is 6.96. The average molecular weight is 340 g/mol. The fourth-order valence-electron chi connectivity index (χ4n) is 4.06. The molecule has 0 unspecified atom stereocenters. The molecule has 2 atom stereocenters. The molecule has 1 aromatic carbocycles. The van der Waals surface area contributed by atoms with E-state index < -0.39 is 0 Å². The Morgan fingerprint density at radius 3 is 2.88 bits per heavy atom. The summed E-state index contributed by atoms with van der Waals surface area (Å²) in [5.41, 5.74) is 1.02. The summed E-state index contributed by atoms with van der Waals surface area (Å²) >= 11 is 0. The number of likely N-dealkylation sites (tertiary alicyclic amines) is 1. The van der Waals surface area contributed by atoms with E-state index in [9.17, 15) is 4.79 Å². The van der Waals surface area contributed by atoms with Gasteiger partial charge in [-0.1, -0.05) is 18.2 Å². The lowest BCUT2D eigenvalue weighted by molar-refractivity contribution is -0.135. The monoisotopic (exact) mass is 340 g/mol. The zero-order chi connectivity index (χ0) is 17.4. The SMILES string of the molecule is Cc1nc(C)n([C@@H]2CCCN(C(=O)[C@H]3CCOc4ccccc43)C2)n1. The summed E-state index contributed by atoms with van der Waals surface area (Å²) in [5, 5.41) is 4.52. The third-order valence-corrected chi connectivity index (χ3v) is 5.22. The largest absolute Gasteiger partial charge is 0.493 e. The molecule has 2 aliphatic heterocycles. The minimum atomic E-state index is -0.0951. The number of ether oxygens (including phenoxy) is 1. The molecule has 2 aromatic rings. The van der Waals surface area contributed by atoms with Crippen LogP contribution in [0.4, 0.5) is 0 Å². The van der Waals surface area contributed by atoms with E-state index >= 15 is 0 Å². The van der Waals surface area contributed by atoms with Gasteiger partial charge in [0.1, 0.15) is 17.4 Å². The highest BCUT2D eigenvalue weighted by Gasteiger charge is 2.34. The Morgan fingerprint density at radius 2 is 2.08 bits per heavy atom. The predicted molar refractivity (Wildman–Crippen MR) is 93.6 cm³/mol. The second-order valence-electron chi connectivity index (χ2n) is 6.96. The summed E-state index contributed by atoms with van der Waals surface area (Å²) < 4.78 is 7.70. The van der Waals surface area contributed by atoms with Gasteiger partial charge in [-0.05, 0) is 39.2 Å². The Balaban J connectivity index is 1.54. The summed E-state index contributed by atoms with van der Waals surface area (Å²) in [6, 6.07) is 8.12. The van der Waals surface area contributed by atoms with Gasteiger partial charge < -0.3 is 9.64 Å². The summed E-state index contributed by atoms with van der Waals surface area (Å²) in [6.07, 6.45) is 2.79. The minimum Gasteiger partial charge on any atom is -0.493 e. The van der Waals surface area contributed by atoms with Crippen molar-refractivity contribution in [3.63, 3.8) is 0 Å². The molecule has 0 radical (unpaired) electrons. The Hall–Kier alpha value is -2.37. The molecule has 0 spiro atoms. The van der Waals surface area contributed by atoms with E-state index in [0.717, 1.165) is 48.8 Å². The normalized spacial score (nSPS) is 23.0. The van der Waals surface area contributed by atoms with Gasteiger partial charge in [0.15, 0.2) is 0 Å². The number of carbonyl (C=O) groups is 1. The van der Waals surface area contributed by atoms with Gasteiger partial charge in [0.2, 0.25) is 5.91 Å². The summed E-state index contributed by atoms with van der Waals surface area (Å²) in [7, 11) is 0. The maximum Gasteiger partial charge on any atom is 0.230 e. The van der Waals surface area contributed by atoms with Crippen LogP contribution < -0.4 is 4.74 Å². The van der Waals surface area contributed by atoms with Crippen molar-refractivity contribution in [2.45, 2.75) is 45.1 Å². The highest BCUT2D eigenvalue weighted by Crippen LogP contribution is 2.35. The van der Waals surface area contributed by atoms with Crippen molar-refractivity contribution in [3.05, 3.63) is 41.5 Å². The molecule has 6 heteroatoms. The van der Waals surface area contributed by atoms with E-state index in [2.05, 4.69) is 10.1 Å². The van der Waals surface area contributed by atoms with Crippen LogP contribution in [0.3, 0.4) is 0 Å². The first-order chi connectivity index (χ1) is 12.1. The number of aromatic nitrogens is 3. The van der Waals surface area contributed by atoms with Crippen molar-refractivity contribution in [1.29, 1.82) is 0 Å². The first kappa shape index (κ1) is 16.1. The van der Waals surface area contributed by atoms with Crippen LogP contribution in [0.5, 0.6) is 5.75 Å². The number of carbonyl (C=O) groups excluding carboxylic acids is 1. The molecule has 0 bridgehead atoms. The number of hydrogen-bond donors (Lipinski definition) is 0. The van der Waals surface area contributed by atoms with Crippen LogP contribution in [-0.4, -0.2) is 45.3 Å². The predicted octanol–water partition coefficient (Wildman–Crippen LogP) is 2.62. The first-order valence-corrected chi connectivity index (χ1v) is 9.04. The molecular formula is C19H24N4O2. The topological polar surface area (TPSA) is 60.2 Å². The van der Waals surface area contributed by atoms with Crippen LogP contribution in [-0.2, 0) is 4.79 Å². The average Bonchev–Trinajstić information content (AvgIpc) is 2.99. The summed E-state index contributed by atoms with van der Waals surface area (Å²) in [6.45, 7) is 6.03. The standard InChI is InChI=1S/C19H24N4O2/c1-13-20-14(2)23(21-13)15-6-5-10-22(12-15)19(24)17-9-11-25-18-8-4-3-7-16(17)18/h3-4,7-8,15,17H,5-6,9-12H2,1-2H3/t15-,17+/m1/s1. The lowest BCUT2D eigenvalue weighted by atomic mass is 9.91. The van der Waals surface area contributed by atoms with Crippen molar-refractivity contribution in [1.82, 2.24) is 19.7 Å². The molecule has 3 heterocycles. The van der Waals surface area contributed by atoms with Crippen molar-refractivity contribution in [2.75, 3.05) is 19.7 Å². The minimum absolute atomic E-state index is 0.0951. The Labute approximate surface area is 147 Å². The molecule has 132 valence electrons. The van der Waals surface area contributed by atoms with Gasteiger partial charge in [0.25, 0.3) is 0 Å². The maximum atomic E-state index is 13.2. The van der Waals surface area contributed by atoms with Crippen molar-refractivity contribution >= 4 is 5.91 Å². The molecule has 25 heavy (non-hydrogen) atoms. The number of fused-ring (bicyclic) bond motifs is 1. The smallest absolute Gasteiger partial charge is 0.230 e. The molecule has 1 amide bonds. The van der Waals surface area contributed by atoms with Crippen LogP contribution in [0.2, 0.25) is 0 Å². The van der Waals surface area contributed by atoms with E-state index in [4.69, 9.17) is 4.74 Å². The summed E-state index contributed by atoms with van der Waals surface area (Å²) in [5.74, 6) is 2.69. The molecule has 4 rings (SSSR count). The maximum absolute atomic E-state index is 13.2. The zero-order valence-corrected chi connectivity index (χ0v) is 14.8. The molecule has 1 aromatic heterocycles. The number of rotatable bonds is 2. The lowest BCUT2D eigenvalue weighted by Gasteiger charge is -2.36. The fourth-order valence-corrected chi connectivity index (χ4v) is 4.06. The molecule has 0 saturated carbocycles. The van der Waals surface area contributed by atoms with Gasteiger partial charge in [0, 0.05) is 18.7 Å². The number of para-hydroxylation sites is 1. The molecule has 1 fully saturated rings. The Morgan fingerprint density at radius 1 is 1.24 bits per heavy atom. The number of benzene rings is 1. The van der Waals surface area contributed by atoms with Crippen LogP contribution in [0, 0.1) is 13.8 Å². The van der Waals surface area contributed by atoms with E-state index in [0.29, 0.717) is 13.2 Å². The molecule has 6 nitrogen and oxygen atoms in total. The van der Waals surface area contributed by atoms with Gasteiger partial charge in [-0.2, -0.15) is 5.10 Å². The molecular weight excluding hydrogens is 316 g/mol. The van der Waals surface area contributed by atoms with Crippen LogP contribution in [0.15, 0.2) is 24.3 Å². The van der Waals surface area contributed by atoms with E-state index in [1.807, 2.05) is 47.7 Å². The number of aryl methyl sites for hydroxylation is 2. The van der Waals surface area contributed by atoms with Gasteiger partial charge in [-0.25, -0.2) is 9.67 Å². The van der Waals surface area contributed by atoms with E-state index in [1.54, 1.807) is 0 Å². The van der Waals surface area contributed by atoms with Crippen LogP contribution >= 0.6 is 0 Å². The van der Waals surface area contributed by atoms with Gasteiger partial charge in [0.05, 0.1) is 18.6 Å². The highest BCUT2D eigenvalue weighted by molar-refractivity contribution is 5.85. The Kier molecular flexibility index (Phi) is 4.19. The zero-order valence-electron chi connectivity index (χ0n) is 14.8. The highest BCUT2D eigenvalue weighted by atomic mass is 16.5. The van der Waals surface area contributed by atoms with Crippen LogP contribution in [0.25, 0.3) is 0 Å². The number of hydrogen-bond acceptors (Lipinski definition) is 4. The quantitative estimate of drug-likeness (QED) is 0.843. The molecule has 0 N–H and O–H groups in total. The molecule has 1 saturated heterocycles. The lowest BCUT2D eigenvalue weighted by Crippen LogP contribution is -2.44. The van der Waals surface area contributed by atoms with Gasteiger partial charge >= 0.3 is 0 Å². The van der Waals surface area contributed by atoms with Crippen LogP contribution in [0.1, 0.15) is 48.4 Å². The third kappa shape index (κ3) is 3.01. The number of amides is 1. The third-order valence-electron chi connectivity index (χ3n) is 5.22. The molecule has 0 aliphatic carbocycles. The van der Waals surface area contributed by atoms with Gasteiger partial charge in [-0.15, -0.1) is 0 Å². The molecule has 2 aliphatic rings. The first-order valence-electron chi connectivity index (χ1n) is 9.04. The second kappa shape index (κ2) is 6.50. The van der Waals surface area contributed by atoms with Crippen molar-refractivity contribution in [2.24, 2.45) is 0 Å². The van der Waals surface area contributed by atoms with Gasteiger partial charge in [-0.3, -0.25) is 4.79 Å². The van der Waals surface area contributed by atoms with E-state index in [1.165, 1.54) is 0 Å². The van der Waals surface area contributed by atoms with Crippen molar-refractivity contribution < 1.29 is 9.53 Å². The van der Waals surface area contributed by atoms with Crippen molar-refractivity contribution in [3.8, 4) is 5.75 Å². The number of nitrogens with zero attached hydrogens (tertiary/aromatic N) is 4. The fraction of sp³-hybridized carbons (Fsp3) is 0.526. The van der Waals surface area contributed by atoms with E-state index in [-0.39, 0.29) is 17.9 Å². The number of piperidine rings is 1.